The zero-order valence-corrected chi connectivity index (χ0v) is 23.8. The van der Waals surface area contributed by atoms with E-state index in [4.69, 9.17) is 16.6 Å². The summed E-state index contributed by atoms with van der Waals surface area (Å²) >= 11 is 6.76. The summed E-state index contributed by atoms with van der Waals surface area (Å²) in [4.78, 5) is 5.03. The molecule has 4 heteroatoms. The van der Waals surface area contributed by atoms with Crippen molar-refractivity contribution in [2.45, 2.75) is 0 Å². The fourth-order valence-electron chi connectivity index (χ4n) is 6.64. The molecule has 43 heavy (non-hydrogen) atoms. The zero-order valence-electron chi connectivity index (χ0n) is 23.1. The van der Waals surface area contributed by atoms with E-state index in [1.165, 1.54) is 43.7 Å². The van der Waals surface area contributed by atoms with E-state index >= 15 is 0 Å². The maximum atomic E-state index is 6.76. The average molecular weight is 570 g/mol. The van der Waals surface area contributed by atoms with Crippen LogP contribution in [0.5, 0.6) is 0 Å². The largest absolute Gasteiger partial charge is 0.309 e. The van der Waals surface area contributed by atoms with Crippen LogP contribution in [0.2, 0.25) is 5.02 Å². The Kier molecular flexibility index (Phi) is 5.25. The van der Waals surface area contributed by atoms with Crippen LogP contribution in [0.4, 0.5) is 0 Å². The first-order valence-corrected chi connectivity index (χ1v) is 14.8. The van der Waals surface area contributed by atoms with Crippen LogP contribution < -0.4 is 0 Å². The molecule has 0 N–H and O–H groups in total. The number of hydrogen-bond donors (Lipinski definition) is 0. The Bertz CT molecular complexity index is 2520. The molecular weight excluding hydrogens is 546 g/mol. The van der Waals surface area contributed by atoms with Crippen LogP contribution in [-0.2, 0) is 0 Å². The second-order valence-electron chi connectivity index (χ2n) is 11.0. The van der Waals surface area contributed by atoms with Crippen LogP contribution >= 0.6 is 11.6 Å². The molecule has 0 saturated heterocycles. The summed E-state index contributed by atoms with van der Waals surface area (Å²) in [7, 11) is 0. The van der Waals surface area contributed by atoms with Gasteiger partial charge in [0.2, 0.25) is 0 Å². The molecular formula is C39H24ClN3. The first-order chi connectivity index (χ1) is 21.2. The Hall–Kier alpha value is -5.38. The molecule has 0 atom stereocenters. The van der Waals surface area contributed by atoms with Crippen LogP contribution in [-0.4, -0.2) is 14.1 Å². The van der Waals surface area contributed by atoms with Gasteiger partial charge in [0, 0.05) is 38.7 Å². The highest BCUT2D eigenvalue weighted by molar-refractivity contribution is 6.35. The summed E-state index contributed by atoms with van der Waals surface area (Å²) in [5, 5.41) is 6.53. The van der Waals surface area contributed by atoms with Crippen LogP contribution in [0.1, 0.15) is 0 Å². The Balaban J connectivity index is 1.26. The summed E-state index contributed by atoms with van der Waals surface area (Å²) in [6.07, 6.45) is 0. The van der Waals surface area contributed by atoms with Gasteiger partial charge >= 0.3 is 0 Å². The lowest BCUT2D eigenvalue weighted by atomic mass is 10.0. The molecule has 202 valence electrons. The zero-order chi connectivity index (χ0) is 28.5. The molecule has 0 spiro atoms. The van der Waals surface area contributed by atoms with E-state index in [1.807, 2.05) is 30.3 Å². The van der Waals surface area contributed by atoms with Crippen LogP contribution in [0, 0.1) is 0 Å². The van der Waals surface area contributed by atoms with Crippen LogP contribution in [0.25, 0.3) is 77.1 Å². The molecule has 0 bridgehead atoms. The van der Waals surface area contributed by atoms with Crippen LogP contribution in [0.15, 0.2) is 146 Å². The molecule has 3 heterocycles. The molecule has 9 aromatic rings. The molecule has 0 unspecified atom stereocenters. The van der Waals surface area contributed by atoms with Crippen molar-refractivity contribution in [3.05, 3.63) is 151 Å². The standard InChI is InChI=1S/C39H24ClN3/c40-33-24-39(41-34-15-7-4-14-30(33)34)43-36-17-9-6-13-29(36)32-23-26(19-21-38(32)43)25-18-20-37-31(22-25)28-12-5-8-16-35(28)42(37)27-10-2-1-3-11-27/h1-24H. The normalized spacial score (nSPS) is 11.8. The fraction of sp³-hybridized carbons (Fsp3) is 0. The third kappa shape index (κ3) is 3.65. The number of rotatable bonds is 3. The summed E-state index contributed by atoms with van der Waals surface area (Å²) in [6, 6.07) is 51.4. The second-order valence-corrected chi connectivity index (χ2v) is 11.4. The highest BCUT2D eigenvalue weighted by Crippen LogP contribution is 2.38. The van der Waals surface area contributed by atoms with Gasteiger partial charge in [0.1, 0.15) is 5.82 Å². The summed E-state index contributed by atoms with van der Waals surface area (Å²) in [5.41, 5.74) is 9.04. The molecule has 0 aliphatic heterocycles. The summed E-state index contributed by atoms with van der Waals surface area (Å²) < 4.78 is 4.58. The van der Waals surface area contributed by atoms with Crippen molar-refractivity contribution in [1.29, 1.82) is 0 Å². The van der Waals surface area contributed by atoms with E-state index in [0.717, 1.165) is 33.4 Å². The van der Waals surface area contributed by atoms with E-state index in [0.29, 0.717) is 5.02 Å². The van der Waals surface area contributed by atoms with E-state index < -0.39 is 0 Å². The van der Waals surface area contributed by atoms with E-state index in [1.54, 1.807) is 0 Å². The van der Waals surface area contributed by atoms with Crippen molar-refractivity contribution >= 4 is 66.1 Å². The number of para-hydroxylation sites is 4. The number of fused-ring (bicyclic) bond motifs is 7. The lowest BCUT2D eigenvalue weighted by Gasteiger charge is -2.10. The minimum atomic E-state index is 0.700. The van der Waals surface area contributed by atoms with Gasteiger partial charge in [-0.15, -0.1) is 0 Å². The van der Waals surface area contributed by atoms with Gasteiger partial charge in [-0.2, -0.15) is 0 Å². The minimum Gasteiger partial charge on any atom is -0.309 e. The first kappa shape index (κ1) is 24.2. The molecule has 6 aromatic carbocycles. The SMILES string of the molecule is Clc1cc(-n2c3ccccc3c3cc(-c4ccc5c(c4)c4ccccc4n5-c4ccccc4)ccc32)nc2ccccc12. The molecule has 0 radical (unpaired) electrons. The monoisotopic (exact) mass is 569 g/mol. The maximum Gasteiger partial charge on any atom is 0.139 e. The van der Waals surface area contributed by atoms with Gasteiger partial charge in [-0.05, 0) is 65.7 Å². The quantitative estimate of drug-likeness (QED) is 0.207. The third-order valence-electron chi connectivity index (χ3n) is 8.57. The number of pyridine rings is 1. The van der Waals surface area contributed by atoms with Gasteiger partial charge in [0.15, 0.2) is 0 Å². The second kappa shape index (κ2) is 9.32. The lowest BCUT2D eigenvalue weighted by molar-refractivity contribution is 1.10. The molecule has 0 saturated carbocycles. The molecule has 9 rings (SSSR count). The van der Waals surface area contributed by atoms with Crippen molar-refractivity contribution in [3.63, 3.8) is 0 Å². The minimum absolute atomic E-state index is 0.700. The number of halogens is 1. The van der Waals surface area contributed by atoms with Crippen molar-refractivity contribution in [1.82, 2.24) is 14.1 Å². The molecule has 0 amide bonds. The van der Waals surface area contributed by atoms with E-state index in [9.17, 15) is 0 Å². The fourth-order valence-corrected chi connectivity index (χ4v) is 6.90. The molecule has 3 aromatic heterocycles. The van der Waals surface area contributed by atoms with Crippen molar-refractivity contribution in [2.24, 2.45) is 0 Å². The molecule has 0 aliphatic carbocycles. The Morgan fingerprint density at radius 1 is 0.419 bits per heavy atom. The van der Waals surface area contributed by atoms with Gasteiger partial charge in [0.25, 0.3) is 0 Å². The number of benzene rings is 6. The highest BCUT2D eigenvalue weighted by Gasteiger charge is 2.17. The smallest absolute Gasteiger partial charge is 0.139 e. The van der Waals surface area contributed by atoms with Gasteiger partial charge in [-0.25, -0.2) is 4.98 Å². The van der Waals surface area contributed by atoms with E-state index in [2.05, 4.69) is 124 Å². The van der Waals surface area contributed by atoms with Crippen LogP contribution in [0.3, 0.4) is 0 Å². The number of aromatic nitrogens is 3. The average Bonchev–Trinajstić information content (AvgIpc) is 3.57. The third-order valence-corrected chi connectivity index (χ3v) is 8.89. The highest BCUT2D eigenvalue weighted by atomic mass is 35.5. The van der Waals surface area contributed by atoms with Gasteiger partial charge in [-0.1, -0.05) is 96.5 Å². The molecule has 0 aliphatic rings. The topological polar surface area (TPSA) is 22.8 Å². The van der Waals surface area contributed by atoms with E-state index in [-0.39, 0.29) is 0 Å². The number of hydrogen-bond acceptors (Lipinski definition) is 1. The first-order valence-electron chi connectivity index (χ1n) is 14.4. The van der Waals surface area contributed by atoms with Gasteiger partial charge in [-0.3, -0.25) is 4.57 Å². The predicted octanol–water partition coefficient (Wildman–Crippen LogP) is 10.7. The number of nitrogens with zero attached hydrogens (tertiary/aromatic N) is 3. The van der Waals surface area contributed by atoms with Crippen molar-refractivity contribution in [2.75, 3.05) is 0 Å². The molecule has 3 nitrogen and oxygen atoms in total. The Morgan fingerprint density at radius 2 is 0.930 bits per heavy atom. The lowest BCUT2D eigenvalue weighted by Crippen LogP contribution is -1.98. The maximum absolute atomic E-state index is 6.76. The van der Waals surface area contributed by atoms with Crippen molar-refractivity contribution < 1.29 is 0 Å². The van der Waals surface area contributed by atoms with Gasteiger partial charge < -0.3 is 4.57 Å². The predicted molar refractivity (Wildman–Crippen MR) is 181 cm³/mol. The summed E-state index contributed by atoms with van der Waals surface area (Å²) in [6.45, 7) is 0. The summed E-state index contributed by atoms with van der Waals surface area (Å²) in [5.74, 6) is 0.817. The Labute approximate surface area is 252 Å². The van der Waals surface area contributed by atoms with Gasteiger partial charge in [0.05, 0.1) is 32.6 Å². The van der Waals surface area contributed by atoms with Crippen molar-refractivity contribution in [3.8, 4) is 22.6 Å². The molecule has 0 fully saturated rings. The Morgan fingerprint density at radius 3 is 1.60 bits per heavy atom.